The molecule has 1 aromatic rings. The van der Waals surface area contributed by atoms with E-state index in [9.17, 15) is 8.42 Å². The lowest BCUT2D eigenvalue weighted by molar-refractivity contribution is 0.571. The molecule has 0 bridgehead atoms. The Bertz CT molecular complexity index is 578. The molecule has 19 heavy (non-hydrogen) atoms. The predicted molar refractivity (Wildman–Crippen MR) is 79.2 cm³/mol. The van der Waals surface area contributed by atoms with Crippen LogP contribution >= 0.6 is 15.9 Å². The zero-order valence-corrected chi connectivity index (χ0v) is 13.3. The lowest BCUT2D eigenvalue weighted by Gasteiger charge is -2.25. The maximum Gasteiger partial charge on any atom is 0.152 e. The number of hydrogen-bond donors (Lipinski definition) is 2. The van der Waals surface area contributed by atoms with E-state index in [1.807, 2.05) is 13.8 Å². The fraction of sp³-hybridized carbons (Fsp3) is 0.636. The quantitative estimate of drug-likeness (QED) is 0.860. The first-order valence-electron chi connectivity index (χ1n) is 6.08. The van der Waals surface area contributed by atoms with Gasteiger partial charge in [0.25, 0.3) is 0 Å². The topological polar surface area (TPSA) is 84.0 Å². The molecule has 1 atom stereocenters. The van der Waals surface area contributed by atoms with Gasteiger partial charge in [0.15, 0.2) is 9.84 Å². The highest BCUT2D eigenvalue weighted by Crippen LogP contribution is 2.32. The van der Waals surface area contributed by atoms with Crippen LogP contribution in [0, 0.1) is 0 Å². The first kappa shape index (κ1) is 14.5. The SMILES string of the molecule is CCNc1ncnc(NC2(C)CCS(=O)(=O)C2)c1Br. The Balaban J connectivity index is 2.22. The molecule has 0 aliphatic carbocycles. The van der Waals surface area contributed by atoms with E-state index < -0.39 is 15.4 Å². The maximum atomic E-state index is 11.6. The van der Waals surface area contributed by atoms with E-state index in [2.05, 4.69) is 36.5 Å². The van der Waals surface area contributed by atoms with Crippen LogP contribution in [0.2, 0.25) is 0 Å². The first-order valence-corrected chi connectivity index (χ1v) is 8.70. The number of hydrogen-bond acceptors (Lipinski definition) is 6. The van der Waals surface area contributed by atoms with Crippen molar-refractivity contribution in [1.82, 2.24) is 9.97 Å². The highest BCUT2D eigenvalue weighted by atomic mass is 79.9. The summed E-state index contributed by atoms with van der Waals surface area (Å²) in [6, 6.07) is 0. The Morgan fingerprint density at radius 1 is 1.42 bits per heavy atom. The summed E-state index contributed by atoms with van der Waals surface area (Å²) < 4.78 is 23.9. The van der Waals surface area contributed by atoms with Gasteiger partial charge in [0.2, 0.25) is 0 Å². The third-order valence-electron chi connectivity index (χ3n) is 3.06. The lowest BCUT2D eigenvalue weighted by Crippen LogP contribution is -2.36. The number of aromatic nitrogens is 2. The molecular weight excluding hydrogens is 332 g/mol. The minimum atomic E-state index is -2.94. The zero-order valence-electron chi connectivity index (χ0n) is 10.9. The number of nitrogens with one attached hydrogen (secondary N) is 2. The van der Waals surface area contributed by atoms with Crippen molar-refractivity contribution in [1.29, 1.82) is 0 Å². The molecule has 106 valence electrons. The van der Waals surface area contributed by atoms with Crippen molar-refractivity contribution in [3.8, 4) is 0 Å². The summed E-state index contributed by atoms with van der Waals surface area (Å²) in [5, 5.41) is 6.34. The molecule has 2 heterocycles. The Labute approximate surface area is 121 Å². The molecule has 0 spiro atoms. The second-order valence-corrected chi connectivity index (χ2v) is 7.92. The number of halogens is 1. The van der Waals surface area contributed by atoms with Gasteiger partial charge in [-0.2, -0.15) is 0 Å². The number of rotatable bonds is 4. The molecular formula is C11H17BrN4O2S. The molecule has 1 aromatic heterocycles. The molecule has 1 fully saturated rings. The molecule has 1 saturated heterocycles. The fourth-order valence-electron chi connectivity index (χ4n) is 2.14. The lowest BCUT2D eigenvalue weighted by atomic mass is 10.0. The standard InChI is InChI=1S/C11H17BrN4O2S/c1-3-13-9-8(12)10(15-7-14-9)16-11(2)4-5-19(17,18)6-11/h7H,3-6H2,1-2H3,(H2,13,14,15,16). The predicted octanol–water partition coefficient (Wildman–Crippen LogP) is 1.66. The second kappa shape index (κ2) is 5.24. The fourth-order valence-corrected chi connectivity index (χ4v) is 4.68. The van der Waals surface area contributed by atoms with Crippen molar-refractivity contribution in [3.63, 3.8) is 0 Å². The van der Waals surface area contributed by atoms with Gasteiger partial charge in [-0.3, -0.25) is 0 Å². The minimum absolute atomic E-state index is 0.132. The van der Waals surface area contributed by atoms with Crippen molar-refractivity contribution in [2.24, 2.45) is 0 Å². The molecule has 2 rings (SSSR count). The molecule has 1 aliphatic heterocycles. The summed E-state index contributed by atoms with van der Waals surface area (Å²) in [4.78, 5) is 8.30. The summed E-state index contributed by atoms with van der Waals surface area (Å²) in [5.41, 5.74) is -0.473. The summed E-state index contributed by atoms with van der Waals surface area (Å²) >= 11 is 3.44. The van der Waals surface area contributed by atoms with Crippen LogP contribution in [0.15, 0.2) is 10.8 Å². The smallest absolute Gasteiger partial charge is 0.152 e. The monoisotopic (exact) mass is 348 g/mol. The molecule has 1 aliphatic rings. The van der Waals surface area contributed by atoms with E-state index in [0.29, 0.717) is 18.1 Å². The molecule has 2 N–H and O–H groups in total. The first-order chi connectivity index (χ1) is 8.85. The van der Waals surface area contributed by atoms with E-state index >= 15 is 0 Å². The van der Waals surface area contributed by atoms with Gasteiger partial charge in [-0.25, -0.2) is 18.4 Å². The van der Waals surface area contributed by atoms with Crippen LogP contribution in [-0.4, -0.2) is 42.0 Å². The minimum Gasteiger partial charge on any atom is -0.369 e. The van der Waals surface area contributed by atoms with Gasteiger partial charge in [-0.15, -0.1) is 0 Å². The second-order valence-electron chi connectivity index (χ2n) is 4.94. The van der Waals surface area contributed by atoms with E-state index in [0.717, 1.165) is 11.0 Å². The van der Waals surface area contributed by atoms with Gasteiger partial charge in [-0.05, 0) is 36.2 Å². The Hall–Kier alpha value is -0.890. The number of sulfone groups is 1. The van der Waals surface area contributed by atoms with Gasteiger partial charge < -0.3 is 10.6 Å². The van der Waals surface area contributed by atoms with Gasteiger partial charge >= 0.3 is 0 Å². The zero-order chi connectivity index (χ0) is 14.1. The Morgan fingerprint density at radius 3 is 2.68 bits per heavy atom. The van der Waals surface area contributed by atoms with Crippen LogP contribution in [0.4, 0.5) is 11.6 Å². The van der Waals surface area contributed by atoms with E-state index in [1.165, 1.54) is 6.33 Å². The largest absolute Gasteiger partial charge is 0.369 e. The van der Waals surface area contributed by atoms with E-state index in [-0.39, 0.29) is 11.5 Å². The van der Waals surface area contributed by atoms with Crippen LogP contribution < -0.4 is 10.6 Å². The molecule has 1 unspecified atom stereocenters. The summed E-state index contributed by atoms with van der Waals surface area (Å²) in [6.45, 7) is 4.63. The third-order valence-corrected chi connectivity index (χ3v) is 5.71. The molecule has 8 heteroatoms. The highest BCUT2D eigenvalue weighted by Gasteiger charge is 2.39. The Morgan fingerprint density at radius 2 is 2.11 bits per heavy atom. The number of nitrogens with zero attached hydrogens (tertiary/aromatic N) is 2. The summed E-state index contributed by atoms with van der Waals surface area (Å²) in [6.07, 6.45) is 2.04. The highest BCUT2D eigenvalue weighted by molar-refractivity contribution is 9.10. The van der Waals surface area contributed by atoms with Gasteiger partial charge in [-0.1, -0.05) is 0 Å². The van der Waals surface area contributed by atoms with E-state index in [4.69, 9.17) is 0 Å². The molecule has 6 nitrogen and oxygen atoms in total. The molecule has 0 radical (unpaired) electrons. The van der Waals surface area contributed by atoms with Crippen LogP contribution in [0.1, 0.15) is 20.3 Å². The van der Waals surface area contributed by atoms with Crippen molar-refractivity contribution >= 4 is 37.4 Å². The van der Waals surface area contributed by atoms with Crippen molar-refractivity contribution in [2.75, 3.05) is 28.7 Å². The normalized spacial score (nSPS) is 25.2. The maximum absolute atomic E-state index is 11.6. The van der Waals surface area contributed by atoms with E-state index in [1.54, 1.807) is 0 Å². The van der Waals surface area contributed by atoms with Crippen LogP contribution in [-0.2, 0) is 9.84 Å². The molecule has 0 saturated carbocycles. The van der Waals surface area contributed by atoms with Crippen molar-refractivity contribution in [2.45, 2.75) is 25.8 Å². The van der Waals surface area contributed by atoms with Gasteiger partial charge in [0.05, 0.1) is 17.0 Å². The Kier molecular flexibility index (Phi) is 4.00. The average molecular weight is 349 g/mol. The molecule has 0 amide bonds. The molecule has 0 aromatic carbocycles. The van der Waals surface area contributed by atoms with Gasteiger partial charge in [0, 0.05) is 6.54 Å². The van der Waals surface area contributed by atoms with Crippen molar-refractivity contribution < 1.29 is 8.42 Å². The average Bonchev–Trinajstić information content (AvgIpc) is 2.59. The van der Waals surface area contributed by atoms with Crippen LogP contribution in [0.3, 0.4) is 0 Å². The summed E-state index contributed by atoms with van der Waals surface area (Å²) in [5.74, 6) is 1.67. The number of anilines is 2. The summed E-state index contributed by atoms with van der Waals surface area (Å²) in [7, 11) is -2.94. The van der Waals surface area contributed by atoms with Crippen LogP contribution in [0.5, 0.6) is 0 Å². The van der Waals surface area contributed by atoms with Crippen molar-refractivity contribution in [3.05, 3.63) is 10.8 Å². The third kappa shape index (κ3) is 3.36. The van der Waals surface area contributed by atoms with Crippen LogP contribution in [0.25, 0.3) is 0 Å². The van der Waals surface area contributed by atoms with Gasteiger partial charge in [0.1, 0.15) is 22.4 Å².